The molecule has 9 nitrogen and oxygen atoms in total. The third kappa shape index (κ3) is 5.38. The Morgan fingerprint density at radius 3 is 2.37 bits per heavy atom. The molecule has 0 fully saturated rings. The number of unbranched alkanes of at least 4 members (excludes halogenated alkanes) is 2. The van der Waals surface area contributed by atoms with E-state index in [0.29, 0.717) is 34.6 Å². The molecule has 0 unspecified atom stereocenters. The van der Waals surface area contributed by atoms with Crippen LogP contribution >= 0.6 is 11.3 Å². The van der Waals surface area contributed by atoms with Crippen LogP contribution in [-0.2, 0) is 0 Å². The Bertz CT molecular complexity index is 1390. The van der Waals surface area contributed by atoms with E-state index in [1.165, 1.54) is 16.0 Å². The summed E-state index contributed by atoms with van der Waals surface area (Å²) < 4.78 is 1.20. The lowest BCUT2D eigenvalue weighted by molar-refractivity contribution is 0.0942. The van der Waals surface area contributed by atoms with Gasteiger partial charge >= 0.3 is 0 Å². The zero-order valence-corrected chi connectivity index (χ0v) is 23.5. The minimum absolute atomic E-state index is 0.0189. The van der Waals surface area contributed by atoms with Gasteiger partial charge in [0.2, 0.25) is 5.95 Å². The van der Waals surface area contributed by atoms with Gasteiger partial charge < -0.3 is 9.80 Å². The van der Waals surface area contributed by atoms with Gasteiger partial charge in [-0.15, -0.1) is 5.10 Å². The highest BCUT2D eigenvalue weighted by molar-refractivity contribution is 7.19. The second-order valence-corrected chi connectivity index (χ2v) is 10.2. The van der Waals surface area contributed by atoms with Crippen molar-refractivity contribution in [1.29, 1.82) is 5.26 Å². The van der Waals surface area contributed by atoms with E-state index in [9.17, 15) is 10.1 Å². The molecule has 1 aliphatic heterocycles. The summed E-state index contributed by atoms with van der Waals surface area (Å²) in [4.78, 5) is 32.0. The second kappa shape index (κ2) is 12.1. The van der Waals surface area contributed by atoms with Crippen LogP contribution in [-0.4, -0.2) is 58.0 Å². The standard InChI is InChI=1S/C28H34N8OS/c1-6-9-16-35(17-10-7-2)28-31-23(20-14-12-11-13-15-20)25(38-28)30-22-19(4)21(18-29)26(37)36-24(22)32-27(33-36)34(5)8-3/h11-15H,6-10,16-17H2,1-5H3. The van der Waals surface area contributed by atoms with Crippen molar-refractivity contribution >= 4 is 39.0 Å². The van der Waals surface area contributed by atoms with Crippen LogP contribution < -0.4 is 9.80 Å². The van der Waals surface area contributed by atoms with Gasteiger partial charge in [0, 0.05) is 37.8 Å². The topological polar surface area (TPSA) is 103 Å². The number of nitrogens with zero attached hydrogens (tertiary/aromatic N) is 8. The molecule has 0 bridgehead atoms. The predicted octanol–water partition coefficient (Wildman–Crippen LogP) is 5.88. The fourth-order valence-electron chi connectivity index (χ4n) is 4.12. The normalized spacial score (nSPS) is 14.1. The Labute approximate surface area is 228 Å². The molecule has 0 spiro atoms. The monoisotopic (exact) mass is 530 g/mol. The molecule has 38 heavy (non-hydrogen) atoms. The number of aliphatic imine (C=N–C) groups is 1. The van der Waals surface area contributed by atoms with Crippen LogP contribution in [0.3, 0.4) is 0 Å². The van der Waals surface area contributed by atoms with Gasteiger partial charge in [-0.1, -0.05) is 68.4 Å². The van der Waals surface area contributed by atoms with Crippen molar-refractivity contribution in [3.8, 4) is 17.3 Å². The van der Waals surface area contributed by atoms with E-state index in [-0.39, 0.29) is 5.57 Å². The molecule has 0 atom stereocenters. The fourth-order valence-corrected chi connectivity index (χ4v) is 5.13. The Kier molecular flexibility index (Phi) is 8.69. The fraction of sp³-hybridized carbons (Fsp3) is 0.429. The summed E-state index contributed by atoms with van der Waals surface area (Å²) in [7, 11) is 1.86. The molecule has 2 aromatic heterocycles. The van der Waals surface area contributed by atoms with E-state index in [0.717, 1.165) is 55.2 Å². The number of fused-ring (bicyclic) bond motifs is 1. The largest absolute Gasteiger partial charge is 0.348 e. The van der Waals surface area contributed by atoms with Gasteiger partial charge in [0.15, 0.2) is 11.0 Å². The molecule has 0 saturated heterocycles. The van der Waals surface area contributed by atoms with Crippen LogP contribution in [0.25, 0.3) is 11.3 Å². The van der Waals surface area contributed by atoms with Crippen molar-refractivity contribution in [2.45, 2.75) is 53.4 Å². The first-order valence-electron chi connectivity index (χ1n) is 13.2. The first-order chi connectivity index (χ1) is 18.4. The maximum atomic E-state index is 13.1. The highest BCUT2D eigenvalue weighted by Crippen LogP contribution is 2.41. The predicted molar refractivity (Wildman–Crippen MR) is 154 cm³/mol. The average molecular weight is 531 g/mol. The molecule has 1 aromatic carbocycles. The number of hydrogen-bond donors (Lipinski definition) is 0. The number of anilines is 2. The van der Waals surface area contributed by atoms with E-state index in [1.807, 2.05) is 49.2 Å². The van der Waals surface area contributed by atoms with E-state index < -0.39 is 5.91 Å². The first kappa shape index (κ1) is 27.2. The van der Waals surface area contributed by atoms with Crippen molar-refractivity contribution in [3.63, 3.8) is 0 Å². The number of carbonyl (C=O) groups excluding carboxylic acids is 1. The van der Waals surface area contributed by atoms with Crippen molar-refractivity contribution in [1.82, 2.24) is 19.7 Å². The Morgan fingerprint density at radius 1 is 1.08 bits per heavy atom. The van der Waals surface area contributed by atoms with Crippen LogP contribution in [0.5, 0.6) is 0 Å². The summed E-state index contributed by atoms with van der Waals surface area (Å²) >= 11 is 1.53. The van der Waals surface area contributed by atoms with Crippen molar-refractivity contribution in [2.75, 3.05) is 36.5 Å². The molecule has 0 saturated carbocycles. The zero-order chi connectivity index (χ0) is 27.2. The number of allylic oxidation sites excluding steroid dienone is 2. The lowest BCUT2D eigenvalue weighted by atomic mass is 10.0. The van der Waals surface area contributed by atoms with Gasteiger partial charge in [-0.2, -0.15) is 14.9 Å². The summed E-state index contributed by atoms with van der Waals surface area (Å²) in [5.74, 6) is 0.263. The van der Waals surface area contributed by atoms with Gasteiger partial charge in [-0.3, -0.25) is 4.79 Å². The van der Waals surface area contributed by atoms with Crippen LogP contribution in [0, 0.1) is 11.3 Å². The molecule has 0 amide bonds. The highest BCUT2D eigenvalue weighted by atomic mass is 32.1. The van der Waals surface area contributed by atoms with Gasteiger partial charge in [-0.25, -0.2) is 9.98 Å². The third-order valence-electron chi connectivity index (χ3n) is 6.56. The minimum atomic E-state index is -0.485. The van der Waals surface area contributed by atoms with Crippen molar-refractivity contribution in [3.05, 3.63) is 47.3 Å². The number of thiazole rings is 1. The molecule has 4 rings (SSSR count). The number of aromatic nitrogens is 4. The molecule has 10 heteroatoms. The van der Waals surface area contributed by atoms with E-state index in [1.54, 1.807) is 6.92 Å². The van der Waals surface area contributed by atoms with Crippen LogP contribution in [0.15, 0.2) is 46.5 Å². The molecule has 3 aromatic rings. The average Bonchev–Trinajstić information content (AvgIpc) is 3.57. The summed E-state index contributed by atoms with van der Waals surface area (Å²) in [6.45, 7) is 10.6. The highest BCUT2D eigenvalue weighted by Gasteiger charge is 2.33. The maximum absolute atomic E-state index is 13.1. The van der Waals surface area contributed by atoms with E-state index in [2.05, 4.69) is 34.9 Å². The smallest absolute Gasteiger partial charge is 0.291 e. The lowest BCUT2D eigenvalue weighted by Crippen LogP contribution is -2.28. The molecule has 1 aliphatic rings. The summed E-state index contributed by atoms with van der Waals surface area (Å²) in [6, 6.07) is 12.0. The van der Waals surface area contributed by atoms with Crippen LogP contribution in [0.2, 0.25) is 0 Å². The maximum Gasteiger partial charge on any atom is 0.291 e. The third-order valence-corrected chi connectivity index (χ3v) is 7.57. The number of rotatable bonds is 11. The second-order valence-electron chi connectivity index (χ2n) is 9.25. The van der Waals surface area contributed by atoms with Crippen LogP contribution in [0.1, 0.15) is 64.0 Å². The summed E-state index contributed by atoms with van der Waals surface area (Å²) in [6.07, 6.45) is 4.38. The van der Waals surface area contributed by atoms with E-state index >= 15 is 0 Å². The summed E-state index contributed by atoms with van der Waals surface area (Å²) in [5.41, 5.74) is 2.71. The van der Waals surface area contributed by atoms with Crippen molar-refractivity contribution in [2.24, 2.45) is 4.99 Å². The van der Waals surface area contributed by atoms with Gasteiger partial charge in [-0.05, 0) is 26.7 Å². The molecule has 3 heterocycles. The summed E-state index contributed by atoms with van der Waals surface area (Å²) in [5, 5.41) is 15.8. The molecular weight excluding hydrogens is 496 g/mol. The molecular formula is C28H34N8OS. The number of benzene rings is 1. The Hall–Kier alpha value is -3.84. The first-order valence-corrected chi connectivity index (χ1v) is 14.0. The van der Waals surface area contributed by atoms with E-state index in [4.69, 9.17) is 9.98 Å². The molecule has 0 N–H and O–H groups in total. The number of carbonyl (C=O) groups is 1. The Balaban J connectivity index is 1.90. The van der Waals surface area contributed by atoms with Gasteiger partial charge in [0.05, 0.1) is 0 Å². The zero-order valence-electron chi connectivity index (χ0n) is 22.7. The lowest BCUT2D eigenvalue weighted by Gasteiger charge is -2.21. The van der Waals surface area contributed by atoms with Crippen molar-refractivity contribution < 1.29 is 4.79 Å². The van der Waals surface area contributed by atoms with Gasteiger partial charge in [0.1, 0.15) is 28.0 Å². The molecule has 0 radical (unpaired) electrons. The SMILES string of the molecule is CCCCN(CCCC)c1nc(-c2ccccc2)c(N=C2C(C)=C(C#N)C(=O)n3nc(N(C)CC)nc32)s1. The van der Waals surface area contributed by atoms with Gasteiger partial charge in [0.25, 0.3) is 5.91 Å². The number of hydrogen-bond acceptors (Lipinski definition) is 9. The molecule has 0 aliphatic carbocycles. The Morgan fingerprint density at radius 2 is 1.76 bits per heavy atom. The minimum Gasteiger partial charge on any atom is -0.348 e. The molecule has 198 valence electrons. The quantitative estimate of drug-likeness (QED) is 0.305. The number of nitriles is 1. The van der Waals surface area contributed by atoms with Crippen LogP contribution in [0.4, 0.5) is 16.1 Å².